The van der Waals surface area contributed by atoms with Gasteiger partial charge in [0.25, 0.3) is 0 Å². The largest absolute Gasteiger partial charge is 0.393 e. The van der Waals surface area contributed by atoms with E-state index in [4.69, 9.17) is 0 Å². The number of nitrogens with zero attached hydrogens (tertiary/aromatic N) is 1. The number of aliphatic hydroxyl groups excluding tert-OH is 1. The first-order valence-corrected chi connectivity index (χ1v) is 6.30. The Bertz CT molecular complexity index is 175. The van der Waals surface area contributed by atoms with E-state index < -0.39 is 0 Å². The van der Waals surface area contributed by atoms with Gasteiger partial charge in [0.05, 0.1) is 6.10 Å². The normalized spacial score (nSPS) is 23.0. The number of hydrogen-bond acceptors (Lipinski definition) is 2. The third kappa shape index (κ3) is 4.52. The van der Waals surface area contributed by atoms with E-state index in [0.29, 0.717) is 5.41 Å². The zero-order valence-electron chi connectivity index (χ0n) is 10.8. The molecule has 1 aliphatic rings. The Morgan fingerprint density at radius 3 is 2.20 bits per heavy atom. The predicted octanol–water partition coefficient (Wildman–Crippen LogP) is 2.52. The second-order valence-electron chi connectivity index (χ2n) is 6.12. The molecule has 1 heterocycles. The predicted molar refractivity (Wildman–Crippen MR) is 64.9 cm³/mol. The van der Waals surface area contributed by atoms with E-state index in [2.05, 4.69) is 25.7 Å². The highest BCUT2D eigenvalue weighted by Gasteiger charge is 2.28. The molecule has 1 aliphatic heterocycles. The number of rotatable bonds is 3. The summed E-state index contributed by atoms with van der Waals surface area (Å²) in [5.74, 6) is 0.875. The number of hydrogen-bond donors (Lipinski definition) is 1. The Balaban J connectivity index is 2.24. The minimum atomic E-state index is -0.148. The van der Waals surface area contributed by atoms with E-state index in [1.165, 1.54) is 25.9 Å². The van der Waals surface area contributed by atoms with Crippen molar-refractivity contribution < 1.29 is 5.11 Å². The van der Waals surface area contributed by atoms with Crippen molar-refractivity contribution in [1.29, 1.82) is 0 Å². The van der Waals surface area contributed by atoms with Gasteiger partial charge in [-0.3, -0.25) is 0 Å². The molecule has 1 saturated heterocycles. The first-order valence-electron chi connectivity index (χ1n) is 6.30. The molecule has 1 N–H and O–H groups in total. The third-order valence-corrected chi connectivity index (χ3v) is 3.68. The minimum Gasteiger partial charge on any atom is -0.393 e. The van der Waals surface area contributed by atoms with Crippen LogP contribution in [0.15, 0.2) is 0 Å². The molecule has 0 aromatic carbocycles. The SMILES string of the molecule is CC(O)CCN1CCC(C(C)(C)C)CC1. The lowest BCUT2D eigenvalue weighted by Crippen LogP contribution is -2.39. The lowest BCUT2D eigenvalue weighted by molar-refractivity contribution is 0.0956. The topological polar surface area (TPSA) is 23.5 Å². The summed E-state index contributed by atoms with van der Waals surface area (Å²) in [6.07, 6.45) is 3.41. The van der Waals surface area contributed by atoms with Crippen LogP contribution in [-0.4, -0.2) is 35.7 Å². The molecule has 90 valence electrons. The summed E-state index contributed by atoms with van der Waals surface area (Å²) in [6, 6.07) is 0. The van der Waals surface area contributed by atoms with Crippen LogP contribution in [0, 0.1) is 11.3 Å². The summed E-state index contributed by atoms with van der Waals surface area (Å²) in [5.41, 5.74) is 0.469. The molecule has 0 saturated carbocycles. The molecule has 2 heteroatoms. The van der Waals surface area contributed by atoms with E-state index in [0.717, 1.165) is 18.9 Å². The van der Waals surface area contributed by atoms with Gasteiger partial charge in [0, 0.05) is 6.54 Å². The van der Waals surface area contributed by atoms with Crippen LogP contribution in [0.3, 0.4) is 0 Å². The Labute approximate surface area is 94.7 Å². The molecular weight excluding hydrogens is 186 g/mol. The monoisotopic (exact) mass is 213 g/mol. The van der Waals surface area contributed by atoms with Gasteiger partial charge in [-0.25, -0.2) is 0 Å². The Kier molecular flexibility index (Phi) is 4.60. The van der Waals surface area contributed by atoms with Gasteiger partial charge in [-0.1, -0.05) is 20.8 Å². The van der Waals surface area contributed by atoms with Gasteiger partial charge in [-0.15, -0.1) is 0 Å². The van der Waals surface area contributed by atoms with Crippen LogP contribution >= 0.6 is 0 Å². The lowest BCUT2D eigenvalue weighted by atomic mass is 9.75. The van der Waals surface area contributed by atoms with E-state index in [1.807, 2.05) is 6.92 Å². The molecule has 0 bridgehead atoms. The number of likely N-dealkylation sites (tertiary alicyclic amines) is 1. The van der Waals surface area contributed by atoms with Crippen molar-refractivity contribution in [1.82, 2.24) is 4.90 Å². The van der Waals surface area contributed by atoms with Crippen molar-refractivity contribution in [3.05, 3.63) is 0 Å². The molecule has 1 fully saturated rings. The standard InChI is InChI=1S/C13H27NO/c1-11(15)5-8-14-9-6-12(7-10-14)13(2,3)4/h11-12,15H,5-10H2,1-4H3. The molecule has 0 aliphatic carbocycles. The van der Waals surface area contributed by atoms with Gasteiger partial charge in [-0.2, -0.15) is 0 Å². The summed E-state index contributed by atoms with van der Waals surface area (Å²) in [7, 11) is 0. The first kappa shape index (κ1) is 13.0. The minimum absolute atomic E-state index is 0.148. The summed E-state index contributed by atoms with van der Waals surface area (Å²) in [4.78, 5) is 2.50. The molecule has 1 rings (SSSR count). The van der Waals surface area contributed by atoms with E-state index in [-0.39, 0.29) is 6.10 Å². The van der Waals surface area contributed by atoms with Crippen molar-refractivity contribution in [3.8, 4) is 0 Å². The summed E-state index contributed by atoms with van der Waals surface area (Å²) in [6.45, 7) is 12.4. The molecule has 0 radical (unpaired) electrons. The first-order chi connectivity index (χ1) is 6.89. The molecule has 1 atom stereocenters. The van der Waals surface area contributed by atoms with Gasteiger partial charge < -0.3 is 10.0 Å². The maximum atomic E-state index is 9.24. The Hall–Kier alpha value is -0.0800. The summed E-state index contributed by atoms with van der Waals surface area (Å²) >= 11 is 0. The molecule has 0 aromatic rings. The van der Waals surface area contributed by atoms with Crippen LogP contribution in [0.25, 0.3) is 0 Å². The van der Waals surface area contributed by atoms with Gasteiger partial charge in [0.2, 0.25) is 0 Å². The van der Waals surface area contributed by atoms with Crippen LogP contribution in [0.4, 0.5) is 0 Å². The van der Waals surface area contributed by atoms with Gasteiger partial charge in [-0.05, 0) is 50.6 Å². The van der Waals surface area contributed by atoms with Crippen molar-refractivity contribution >= 4 is 0 Å². The van der Waals surface area contributed by atoms with Crippen molar-refractivity contribution in [3.63, 3.8) is 0 Å². The smallest absolute Gasteiger partial charge is 0.0524 e. The van der Waals surface area contributed by atoms with Crippen molar-refractivity contribution in [2.75, 3.05) is 19.6 Å². The maximum Gasteiger partial charge on any atom is 0.0524 e. The maximum absolute atomic E-state index is 9.24. The average molecular weight is 213 g/mol. The van der Waals surface area contributed by atoms with Crippen molar-refractivity contribution in [2.24, 2.45) is 11.3 Å². The van der Waals surface area contributed by atoms with Crippen LogP contribution in [-0.2, 0) is 0 Å². The van der Waals surface area contributed by atoms with Gasteiger partial charge in [0.15, 0.2) is 0 Å². The lowest BCUT2D eigenvalue weighted by Gasteiger charge is -2.38. The Morgan fingerprint density at radius 2 is 1.80 bits per heavy atom. The summed E-state index contributed by atoms with van der Waals surface area (Å²) < 4.78 is 0. The van der Waals surface area contributed by atoms with Gasteiger partial charge in [0.1, 0.15) is 0 Å². The fourth-order valence-electron chi connectivity index (χ4n) is 2.39. The zero-order chi connectivity index (χ0) is 11.5. The number of piperidine rings is 1. The fraction of sp³-hybridized carbons (Fsp3) is 1.00. The second kappa shape index (κ2) is 5.31. The zero-order valence-corrected chi connectivity index (χ0v) is 10.8. The highest BCUT2D eigenvalue weighted by atomic mass is 16.3. The van der Waals surface area contributed by atoms with Crippen LogP contribution < -0.4 is 0 Å². The second-order valence-corrected chi connectivity index (χ2v) is 6.12. The van der Waals surface area contributed by atoms with Crippen molar-refractivity contribution in [2.45, 2.75) is 53.1 Å². The Morgan fingerprint density at radius 1 is 1.27 bits per heavy atom. The van der Waals surface area contributed by atoms with E-state index in [9.17, 15) is 5.11 Å². The summed E-state index contributed by atoms with van der Waals surface area (Å²) in [5, 5.41) is 9.24. The van der Waals surface area contributed by atoms with Crippen LogP contribution in [0.1, 0.15) is 47.0 Å². The highest BCUT2D eigenvalue weighted by molar-refractivity contribution is 4.80. The third-order valence-electron chi connectivity index (χ3n) is 3.68. The highest BCUT2D eigenvalue weighted by Crippen LogP contribution is 2.34. The van der Waals surface area contributed by atoms with Crippen LogP contribution in [0.5, 0.6) is 0 Å². The van der Waals surface area contributed by atoms with E-state index in [1.54, 1.807) is 0 Å². The molecule has 0 amide bonds. The molecule has 0 aromatic heterocycles. The van der Waals surface area contributed by atoms with Crippen LogP contribution in [0.2, 0.25) is 0 Å². The molecule has 2 nitrogen and oxygen atoms in total. The fourth-order valence-corrected chi connectivity index (χ4v) is 2.39. The molecule has 1 unspecified atom stereocenters. The molecular formula is C13H27NO. The molecule has 0 spiro atoms. The van der Waals surface area contributed by atoms with Gasteiger partial charge >= 0.3 is 0 Å². The number of aliphatic hydroxyl groups is 1. The molecule has 15 heavy (non-hydrogen) atoms. The average Bonchev–Trinajstić information content (AvgIpc) is 2.14. The quantitative estimate of drug-likeness (QED) is 0.778. The van der Waals surface area contributed by atoms with E-state index >= 15 is 0 Å².